The fourth-order valence-electron chi connectivity index (χ4n) is 3.03. The van der Waals surface area contributed by atoms with Crippen LogP contribution in [0.2, 0.25) is 5.02 Å². The van der Waals surface area contributed by atoms with Crippen molar-refractivity contribution in [1.29, 1.82) is 5.41 Å². The third-order valence-corrected chi connectivity index (χ3v) is 6.78. The molecular weight excluding hydrogens is 412 g/mol. The van der Waals surface area contributed by atoms with Gasteiger partial charge in [0.2, 0.25) is 0 Å². The zero-order valence-corrected chi connectivity index (χ0v) is 17.2. The largest absolute Gasteiger partial charge is 0.383 e. The van der Waals surface area contributed by atoms with E-state index >= 15 is 0 Å². The van der Waals surface area contributed by atoms with Gasteiger partial charge in [0.05, 0.1) is 34.9 Å². The highest BCUT2D eigenvalue weighted by molar-refractivity contribution is 7.90. The molecule has 4 rings (SSSR count). The van der Waals surface area contributed by atoms with Gasteiger partial charge >= 0.3 is 0 Å². The van der Waals surface area contributed by atoms with Crippen LogP contribution < -0.4 is 5.32 Å². The number of aromatic nitrogens is 2. The van der Waals surface area contributed by atoms with Gasteiger partial charge in [-0.05, 0) is 31.2 Å². The Morgan fingerprint density at radius 1 is 1.31 bits per heavy atom. The summed E-state index contributed by atoms with van der Waals surface area (Å²) in [5.41, 5.74) is 1.87. The molecule has 1 saturated heterocycles. The van der Waals surface area contributed by atoms with Crippen LogP contribution in [0, 0.1) is 12.3 Å². The highest BCUT2D eigenvalue weighted by Crippen LogP contribution is 2.31. The first-order chi connectivity index (χ1) is 13.9. The maximum absolute atomic E-state index is 13.5. The molecule has 7 nitrogen and oxygen atoms in total. The minimum absolute atomic E-state index is 0.133. The molecule has 1 aliphatic rings. The third kappa shape index (κ3) is 3.55. The Morgan fingerprint density at radius 3 is 2.66 bits per heavy atom. The summed E-state index contributed by atoms with van der Waals surface area (Å²) < 4.78 is 33.3. The number of rotatable bonds is 6. The number of hydrogen-bond acceptors (Lipinski definition) is 6. The van der Waals surface area contributed by atoms with E-state index in [1.807, 2.05) is 6.92 Å². The number of aryl methyl sites for hydroxylation is 1. The predicted molar refractivity (Wildman–Crippen MR) is 113 cm³/mol. The molecular formula is C20H19ClN4O3S. The van der Waals surface area contributed by atoms with Crippen molar-refractivity contribution < 1.29 is 13.2 Å². The molecule has 0 saturated carbocycles. The Kier molecular flexibility index (Phi) is 5.16. The van der Waals surface area contributed by atoms with E-state index in [1.165, 1.54) is 6.20 Å². The van der Waals surface area contributed by atoms with Crippen LogP contribution in [-0.4, -0.2) is 42.8 Å². The van der Waals surface area contributed by atoms with Crippen LogP contribution in [0.3, 0.4) is 0 Å². The highest BCUT2D eigenvalue weighted by atomic mass is 35.5. The van der Waals surface area contributed by atoms with Crippen molar-refractivity contribution in [3.05, 3.63) is 65.1 Å². The van der Waals surface area contributed by atoms with Gasteiger partial charge in [-0.1, -0.05) is 29.3 Å². The Morgan fingerprint density at radius 2 is 2.03 bits per heavy atom. The van der Waals surface area contributed by atoms with Crippen molar-refractivity contribution in [2.24, 2.45) is 0 Å². The van der Waals surface area contributed by atoms with Crippen LogP contribution in [0.1, 0.15) is 11.3 Å². The van der Waals surface area contributed by atoms with Crippen molar-refractivity contribution in [3.63, 3.8) is 0 Å². The molecule has 1 aliphatic heterocycles. The number of nitrogens with zero attached hydrogens (tertiary/aromatic N) is 2. The lowest BCUT2D eigenvalue weighted by Crippen LogP contribution is -2.43. The molecule has 9 heteroatoms. The number of fused-ring (bicyclic) bond motifs is 1. The number of pyridine rings is 1. The summed E-state index contributed by atoms with van der Waals surface area (Å²) in [5.74, 6) is 0. The number of ether oxygens (including phenoxy) is 1. The lowest BCUT2D eigenvalue weighted by Gasteiger charge is -2.26. The van der Waals surface area contributed by atoms with Gasteiger partial charge in [0, 0.05) is 29.6 Å². The second kappa shape index (κ2) is 7.62. The Bertz CT molecular complexity index is 1210. The topological polar surface area (TPSA) is 97.1 Å². The van der Waals surface area contributed by atoms with E-state index in [0.717, 1.165) is 15.8 Å². The normalized spacial score (nSPS) is 15.3. The Hall–Kier alpha value is -2.68. The van der Waals surface area contributed by atoms with Crippen molar-refractivity contribution in [3.8, 4) is 0 Å². The monoisotopic (exact) mass is 430 g/mol. The van der Waals surface area contributed by atoms with Crippen molar-refractivity contribution in [2.75, 3.05) is 13.2 Å². The molecule has 0 radical (unpaired) electrons. The van der Waals surface area contributed by atoms with E-state index in [0.29, 0.717) is 34.9 Å². The molecule has 0 spiro atoms. The lowest BCUT2D eigenvalue weighted by molar-refractivity contribution is 0.000843. The van der Waals surface area contributed by atoms with Gasteiger partial charge in [0.25, 0.3) is 10.0 Å². The van der Waals surface area contributed by atoms with Crippen LogP contribution in [0.15, 0.2) is 53.7 Å². The maximum Gasteiger partial charge on any atom is 0.269 e. The van der Waals surface area contributed by atoms with E-state index in [1.54, 1.807) is 42.6 Å². The van der Waals surface area contributed by atoms with E-state index in [2.05, 4.69) is 10.3 Å². The molecule has 1 aromatic carbocycles. The van der Waals surface area contributed by atoms with Crippen molar-refractivity contribution >= 4 is 44.4 Å². The molecule has 2 aromatic heterocycles. The molecule has 1 fully saturated rings. The lowest BCUT2D eigenvalue weighted by atomic mass is 10.2. The van der Waals surface area contributed by atoms with Gasteiger partial charge < -0.3 is 15.5 Å². The highest BCUT2D eigenvalue weighted by Gasteiger charge is 2.26. The molecule has 2 N–H and O–H groups in total. The Labute approximate surface area is 173 Å². The maximum atomic E-state index is 13.5. The van der Waals surface area contributed by atoms with E-state index < -0.39 is 10.0 Å². The smallest absolute Gasteiger partial charge is 0.269 e. The molecule has 3 aromatic rings. The number of benzene rings is 1. The predicted octanol–water partition coefficient (Wildman–Crippen LogP) is 3.21. The summed E-state index contributed by atoms with van der Waals surface area (Å²) in [6, 6.07) is 9.98. The fourth-order valence-corrected chi connectivity index (χ4v) is 4.71. The molecule has 0 atom stereocenters. The van der Waals surface area contributed by atoms with Gasteiger partial charge in [-0.15, -0.1) is 0 Å². The summed E-state index contributed by atoms with van der Waals surface area (Å²) >= 11 is 6.31. The van der Waals surface area contributed by atoms with Gasteiger partial charge in [-0.2, -0.15) is 0 Å². The summed E-state index contributed by atoms with van der Waals surface area (Å²) in [5, 5.41) is 11.9. The fraction of sp³-hybridized carbons (Fsp3) is 0.200. The van der Waals surface area contributed by atoms with Crippen LogP contribution >= 0.6 is 11.6 Å². The second-order valence-corrected chi connectivity index (χ2v) is 8.98. The zero-order valence-electron chi connectivity index (χ0n) is 15.6. The summed E-state index contributed by atoms with van der Waals surface area (Å²) in [4.78, 5) is 4.40. The van der Waals surface area contributed by atoms with Gasteiger partial charge in [0.1, 0.15) is 0 Å². The average molecular weight is 431 g/mol. The molecule has 0 unspecified atom stereocenters. The van der Waals surface area contributed by atoms with E-state index in [9.17, 15) is 8.42 Å². The zero-order chi connectivity index (χ0) is 20.6. The van der Waals surface area contributed by atoms with Gasteiger partial charge in [0.15, 0.2) is 5.65 Å². The van der Waals surface area contributed by atoms with Gasteiger partial charge in [-0.3, -0.25) is 0 Å². The first-order valence-electron chi connectivity index (χ1n) is 8.95. The number of halogens is 1. The molecule has 0 amide bonds. The minimum atomic E-state index is -3.97. The quantitative estimate of drug-likeness (QED) is 0.585. The Balaban J connectivity index is 1.93. The third-order valence-electron chi connectivity index (χ3n) is 4.73. The standard InChI is InChI=1S/C20H19ClN4O3S/c1-13-2-4-16(5-3-13)29(26,27)25-19(8-17-18(21)6-7-23-20(17)25)14(9-22)10-24-15-11-28-12-15/h2-10,15,22,24H,11-12H2,1H3/b14-10+,22-9?. The summed E-state index contributed by atoms with van der Waals surface area (Å²) in [6.07, 6.45) is 4.20. The van der Waals surface area contributed by atoms with Gasteiger partial charge in [-0.25, -0.2) is 17.4 Å². The number of nitrogens with one attached hydrogen (secondary N) is 2. The SMILES string of the molecule is Cc1ccc(S(=O)(=O)n2c(/C(C=N)=C/NC3COC3)cc3c(Cl)ccnc32)cc1. The summed E-state index contributed by atoms with van der Waals surface area (Å²) in [6.45, 7) is 3.03. The van der Waals surface area contributed by atoms with E-state index in [4.69, 9.17) is 21.7 Å². The van der Waals surface area contributed by atoms with Crippen LogP contribution in [0.4, 0.5) is 0 Å². The van der Waals surface area contributed by atoms with Crippen LogP contribution in [0.25, 0.3) is 16.6 Å². The molecule has 0 aliphatic carbocycles. The second-order valence-electron chi connectivity index (χ2n) is 6.79. The van der Waals surface area contributed by atoms with Crippen molar-refractivity contribution in [1.82, 2.24) is 14.3 Å². The van der Waals surface area contributed by atoms with E-state index in [-0.39, 0.29) is 16.6 Å². The van der Waals surface area contributed by atoms with Crippen molar-refractivity contribution in [2.45, 2.75) is 17.9 Å². The van der Waals surface area contributed by atoms with Crippen LogP contribution in [-0.2, 0) is 14.8 Å². The average Bonchev–Trinajstić information content (AvgIpc) is 3.05. The first kappa shape index (κ1) is 19.6. The number of allylic oxidation sites excluding steroid dienone is 1. The molecule has 150 valence electrons. The molecule has 29 heavy (non-hydrogen) atoms. The number of hydrogen-bond donors (Lipinski definition) is 2. The van der Waals surface area contributed by atoms with Crippen LogP contribution in [0.5, 0.6) is 0 Å². The molecule has 0 bridgehead atoms. The summed E-state index contributed by atoms with van der Waals surface area (Å²) in [7, 11) is -3.97. The minimum Gasteiger partial charge on any atom is -0.383 e. The molecule has 3 heterocycles. The first-order valence-corrected chi connectivity index (χ1v) is 10.8.